The molecule has 1 aliphatic heterocycles. The fourth-order valence-corrected chi connectivity index (χ4v) is 4.74. The molecule has 0 radical (unpaired) electrons. The van der Waals surface area contributed by atoms with E-state index in [-0.39, 0.29) is 16.8 Å². The molecule has 32 heavy (non-hydrogen) atoms. The van der Waals surface area contributed by atoms with Crippen molar-refractivity contribution in [1.82, 2.24) is 10.3 Å². The number of hydrogen-bond acceptors (Lipinski definition) is 7. The summed E-state index contributed by atoms with van der Waals surface area (Å²) in [5, 5.41) is 15.3. The van der Waals surface area contributed by atoms with Crippen LogP contribution < -0.4 is 15.4 Å². The van der Waals surface area contributed by atoms with E-state index in [0.29, 0.717) is 11.6 Å². The second-order valence-electron chi connectivity index (χ2n) is 7.26. The molecule has 4 N–H and O–H groups in total. The lowest BCUT2D eigenvalue weighted by molar-refractivity contribution is -0.192. The van der Waals surface area contributed by atoms with Crippen LogP contribution in [0.25, 0.3) is 0 Å². The lowest BCUT2D eigenvalue weighted by Crippen LogP contribution is -2.23. The van der Waals surface area contributed by atoms with Crippen molar-refractivity contribution in [2.24, 2.45) is 0 Å². The smallest absolute Gasteiger partial charge is 0.475 e. The highest BCUT2D eigenvalue weighted by atomic mass is 32.2. The van der Waals surface area contributed by atoms with Gasteiger partial charge >= 0.3 is 12.1 Å². The van der Waals surface area contributed by atoms with Gasteiger partial charge in [0, 0.05) is 23.7 Å². The van der Waals surface area contributed by atoms with Gasteiger partial charge in [0.05, 0.1) is 5.51 Å². The Morgan fingerprint density at radius 3 is 2.44 bits per heavy atom. The summed E-state index contributed by atoms with van der Waals surface area (Å²) in [6.07, 6.45) is -2.11. The fourth-order valence-electron chi connectivity index (χ4n) is 3.09. The molecule has 1 atom stereocenters. The molecule has 1 saturated carbocycles. The van der Waals surface area contributed by atoms with Gasteiger partial charge in [0.2, 0.25) is 0 Å². The standard InChI is InChI=1S/C16H19FN4O2S2.C2HF3O2/c17-13-6-14(20-11-3-4-18-7-11)12(10-1-2-10)5-15(13)25(22,23)21-16-8-24-9-19-16;3-2(4,5)1(6)7/h5-6,8-11,18,20-21H,1-4,7H2;(H,6,7). The summed E-state index contributed by atoms with van der Waals surface area (Å²) in [5.74, 6) is -3.00. The van der Waals surface area contributed by atoms with Crippen molar-refractivity contribution in [2.45, 2.75) is 42.3 Å². The van der Waals surface area contributed by atoms with E-state index in [2.05, 4.69) is 20.3 Å². The third kappa shape index (κ3) is 6.29. The SMILES string of the molecule is O=C(O)C(F)(F)F.O=S(=O)(Nc1cscn1)c1cc(C2CC2)c(NC2CCNC2)cc1F. The number of alkyl halides is 3. The zero-order valence-electron chi connectivity index (χ0n) is 16.4. The fraction of sp³-hybridized carbons (Fsp3) is 0.444. The third-order valence-electron chi connectivity index (χ3n) is 4.74. The first-order chi connectivity index (χ1) is 15.0. The maximum atomic E-state index is 14.6. The number of aromatic nitrogens is 1. The molecule has 0 bridgehead atoms. The summed E-state index contributed by atoms with van der Waals surface area (Å²) in [6.45, 7) is 1.76. The Morgan fingerprint density at radius 2 is 1.94 bits per heavy atom. The number of sulfonamides is 1. The Balaban J connectivity index is 0.000000360. The molecule has 1 unspecified atom stereocenters. The minimum Gasteiger partial charge on any atom is -0.475 e. The number of benzene rings is 1. The van der Waals surface area contributed by atoms with Crippen LogP contribution in [-0.2, 0) is 14.8 Å². The Labute approximate surface area is 185 Å². The van der Waals surface area contributed by atoms with E-state index in [4.69, 9.17) is 9.90 Å². The predicted octanol–water partition coefficient (Wildman–Crippen LogP) is 3.37. The number of nitrogens with zero attached hydrogens (tertiary/aromatic N) is 1. The van der Waals surface area contributed by atoms with E-state index in [1.54, 1.807) is 5.38 Å². The number of carboxylic acid groups (broad SMARTS) is 1. The molecule has 1 aliphatic carbocycles. The predicted molar refractivity (Wildman–Crippen MR) is 110 cm³/mol. The summed E-state index contributed by atoms with van der Waals surface area (Å²) < 4.78 is 73.8. The Morgan fingerprint density at radius 1 is 1.25 bits per heavy atom. The zero-order chi connectivity index (χ0) is 23.5. The van der Waals surface area contributed by atoms with Crippen LogP contribution in [0.15, 0.2) is 27.9 Å². The molecule has 2 heterocycles. The highest BCUT2D eigenvalue weighted by Crippen LogP contribution is 2.45. The molecule has 176 valence electrons. The van der Waals surface area contributed by atoms with E-state index < -0.39 is 28.0 Å². The first kappa shape index (κ1) is 24.2. The molecule has 1 saturated heterocycles. The van der Waals surface area contributed by atoms with Gasteiger partial charge < -0.3 is 15.7 Å². The Kier molecular flexibility index (Phi) is 7.25. The van der Waals surface area contributed by atoms with Crippen LogP contribution in [0.5, 0.6) is 0 Å². The molecule has 1 aromatic heterocycles. The molecule has 0 spiro atoms. The molecular formula is C18H20F4N4O4S2. The molecule has 4 rings (SSSR count). The molecule has 8 nitrogen and oxygen atoms in total. The van der Waals surface area contributed by atoms with Crippen molar-refractivity contribution in [3.8, 4) is 0 Å². The number of nitrogens with one attached hydrogen (secondary N) is 3. The highest BCUT2D eigenvalue weighted by molar-refractivity contribution is 7.92. The summed E-state index contributed by atoms with van der Waals surface area (Å²) in [7, 11) is -4.01. The number of carbonyl (C=O) groups is 1. The van der Waals surface area contributed by atoms with E-state index >= 15 is 0 Å². The first-order valence-electron chi connectivity index (χ1n) is 9.49. The number of anilines is 2. The quantitative estimate of drug-likeness (QED) is 0.453. The van der Waals surface area contributed by atoms with Gasteiger partial charge in [-0.15, -0.1) is 11.3 Å². The van der Waals surface area contributed by atoms with Gasteiger partial charge in [-0.25, -0.2) is 22.6 Å². The number of halogens is 4. The molecule has 0 amide bonds. The van der Waals surface area contributed by atoms with Crippen LogP contribution in [0, 0.1) is 5.82 Å². The van der Waals surface area contributed by atoms with Crippen LogP contribution in [0.1, 0.15) is 30.7 Å². The number of hydrogen-bond donors (Lipinski definition) is 4. The van der Waals surface area contributed by atoms with Crippen LogP contribution in [0.2, 0.25) is 0 Å². The molecule has 2 aromatic rings. The number of aliphatic carboxylic acids is 1. The van der Waals surface area contributed by atoms with Gasteiger partial charge in [0.15, 0.2) is 5.82 Å². The van der Waals surface area contributed by atoms with E-state index in [1.165, 1.54) is 29.0 Å². The van der Waals surface area contributed by atoms with Crippen molar-refractivity contribution < 1.29 is 35.9 Å². The minimum atomic E-state index is -5.08. The summed E-state index contributed by atoms with van der Waals surface area (Å²) >= 11 is 1.27. The van der Waals surface area contributed by atoms with Crippen LogP contribution >= 0.6 is 11.3 Å². The molecule has 2 aliphatic rings. The van der Waals surface area contributed by atoms with Gasteiger partial charge in [0.25, 0.3) is 10.0 Å². The maximum absolute atomic E-state index is 14.6. The van der Waals surface area contributed by atoms with Crippen LogP contribution in [-0.4, -0.2) is 49.8 Å². The average Bonchev–Trinajstić information content (AvgIpc) is 3.16. The third-order valence-corrected chi connectivity index (χ3v) is 6.70. The van der Waals surface area contributed by atoms with Gasteiger partial charge in [0.1, 0.15) is 10.7 Å². The maximum Gasteiger partial charge on any atom is 0.490 e. The van der Waals surface area contributed by atoms with Crippen molar-refractivity contribution in [3.63, 3.8) is 0 Å². The van der Waals surface area contributed by atoms with Gasteiger partial charge in [-0.1, -0.05) is 0 Å². The van der Waals surface area contributed by atoms with E-state index in [9.17, 15) is 26.0 Å². The van der Waals surface area contributed by atoms with Crippen molar-refractivity contribution >= 4 is 38.8 Å². The monoisotopic (exact) mass is 496 g/mol. The number of rotatable bonds is 6. The van der Waals surface area contributed by atoms with Crippen molar-refractivity contribution in [3.05, 3.63) is 34.4 Å². The molecule has 14 heteroatoms. The summed E-state index contributed by atoms with van der Waals surface area (Å²) in [5.41, 5.74) is 3.11. The topological polar surface area (TPSA) is 120 Å². The Bertz CT molecular complexity index is 1050. The highest BCUT2D eigenvalue weighted by Gasteiger charge is 2.38. The average molecular weight is 497 g/mol. The minimum absolute atomic E-state index is 0.205. The van der Waals surface area contributed by atoms with E-state index in [0.717, 1.165) is 37.9 Å². The zero-order valence-corrected chi connectivity index (χ0v) is 18.1. The molecule has 1 aromatic carbocycles. The summed E-state index contributed by atoms with van der Waals surface area (Å²) in [4.78, 5) is 12.5. The second kappa shape index (κ2) is 9.58. The molecular weight excluding hydrogens is 476 g/mol. The molecule has 2 fully saturated rings. The lowest BCUT2D eigenvalue weighted by atomic mass is 10.1. The van der Waals surface area contributed by atoms with Crippen LogP contribution in [0.3, 0.4) is 0 Å². The first-order valence-corrected chi connectivity index (χ1v) is 11.9. The van der Waals surface area contributed by atoms with Crippen LogP contribution in [0.4, 0.5) is 29.1 Å². The number of carboxylic acids is 1. The van der Waals surface area contributed by atoms with Gasteiger partial charge in [-0.05, 0) is 49.4 Å². The second-order valence-corrected chi connectivity index (χ2v) is 9.63. The van der Waals surface area contributed by atoms with Gasteiger partial charge in [-0.2, -0.15) is 13.2 Å². The largest absolute Gasteiger partial charge is 0.490 e. The lowest BCUT2D eigenvalue weighted by Gasteiger charge is -2.18. The Hall–Kier alpha value is -2.45. The normalized spacial score (nSPS) is 18.6. The summed E-state index contributed by atoms with van der Waals surface area (Å²) in [6, 6.07) is 3.04. The van der Waals surface area contributed by atoms with Gasteiger partial charge in [-0.3, -0.25) is 4.72 Å². The van der Waals surface area contributed by atoms with E-state index in [1.807, 2.05) is 0 Å². The number of thiazole rings is 1. The van der Waals surface area contributed by atoms with Crippen molar-refractivity contribution in [2.75, 3.05) is 23.1 Å². The van der Waals surface area contributed by atoms with Crippen molar-refractivity contribution in [1.29, 1.82) is 0 Å².